The number of hydrogen-bond donors (Lipinski definition) is 1. The van der Waals surface area contributed by atoms with Crippen molar-refractivity contribution in [1.29, 1.82) is 0 Å². The molecule has 1 aromatic rings. The molecule has 1 aliphatic carbocycles. The number of nitrogens with one attached hydrogen (secondary N) is 1. The van der Waals surface area contributed by atoms with Gasteiger partial charge in [-0.2, -0.15) is 5.10 Å². The minimum Gasteiger partial charge on any atom is -0.317 e. The first-order valence-corrected chi connectivity index (χ1v) is 8.94. The number of aromatic nitrogens is 2. The molecule has 120 valence electrons. The Labute approximate surface area is 130 Å². The molecule has 0 saturated heterocycles. The molecule has 1 N–H and O–H groups in total. The van der Waals surface area contributed by atoms with Crippen molar-refractivity contribution >= 4 is 0 Å². The summed E-state index contributed by atoms with van der Waals surface area (Å²) in [5, 5.41) is 8.28. The predicted octanol–water partition coefficient (Wildman–Crippen LogP) is 4.35. The van der Waals surface area contributed by atoms with Gasteiger partial charge in [-0.15, -0.1) is 0 Å². The van der Waals surface area contributed by atoms with E-state index in [0.29, 0.717) is 12.1 Å². The lowest BCUT2D eigenvalue weighted by Gasteiger charge is -2.21. The molecule has 0 spiro atoms. The second-order valence-corrected chi connectivity index (χ2v) is 6.83. The highest BCUT2D eigenvalue weighted by molar-refractivity contribution is 5.02. The van der Waals surface area contributed by atoms with Gasteiger partial charge in [0.2, 0.25) is 0 Å². The molecule has 1 heterocycles. The van der Waals surface area contributed by atoms with E-state index in [9.17, 15) is 0 Å². The lowest BCUT2D eigenvalue weighted by atomic mass is 9.91. The summed E-state index contributed by atoms with van der Waals surface area (Å²) in [5.74, 6) is 0.918. The van der Waals surface area contributed by atoms with Crippen LogP contribution in [0.15, 0.2) is 12.3 Å². The molecule has 1 fully saturated rings. The van der Waals surface area contributed by atoms with Crippen LogP contribution >= 0.6 is 0 Å². The predicted molar refractivity (Wildman–Crippen MR) is 89.6 cm³/mol. The van der Waals surface area contributed by atoms with E-state index in [2.05, 4.69) is 43.2 Å². The Hall–Kier alpha value is -0.830. The molecule has 1 aliphatic rings. The smallest absolute Gasteiger partial charge is 0.0640 e. The zero-order valence-electron chi connectivity index (χ0n) is 14.1. The maximum atomic E-state index is 4.76. The summed E-state index contributed by atoms with van der Waals surface area (Å²) in [5.41, 5.74) is 1.24. The zero-order valence-corrected chi connectivity index (χ0v) is 14.1. The minimum atomic E-state index is 0.508. The van der Waals surface area contributed by atoms with Crippen LogP contribution in [0.1, 0.15) is 76.9 Å². The highest BCUT2D eigenvalue weighted by Crippen LogP contribution is 2.27. The monoisotopic (exact) mass is 291 g/mol. The zero-order chi connectivity index (χ0) is 15.1. The van der Waals surface area contributed by atoms with Gasteiger partial charge < -0.3 is 5.32 Å². The fraction of sp³-hybridized carbons (Fsp3) is 0.833. The molecule has 2 rings (SSSR count). The first-order chi connectivity index (χ1) is 10.2. The van der Waals surface area contributed by atoms with Gasteiger partial charge in [-0.3, -0.25) is 4.68 Å². The van der Waals surface area contributed by atoms with Crippen LogP contribution in [0.5, 0.6) is 0 Å². The van der Waals surface area contributed by atoms with E-state index in [-0.39, 0.29) is 0 Å². The molecule has 21 heavy (non-hydrogen) atoms. The third-order valence-corrected chi connectivity index (χ3v) is 5.16. The molecule has 0 bridgehead atoms. The third-order valence-electron chi connectivity index (χ3n) is 5.16. The van der Waals surface area contributed by atoms with Gasteiger partial charge in [-0.05, 0) is 38.8 Å². The Bertz CT molecular complexity index is 391. The molecular weight excluding hydrogens is 258 g/mol. The Morgan fingerprint density at radius 3 is 2.62 bits per heavy atom. The van der Waals surface area contributed by atoms with Gasteiger partial charge in [0.1, 0.15) is 0 Å². The molecule has 2 atom stereocenters. The maximum absolute atomic E-state index is 4.76. The normalized spacial score (nSPS) is 20.1. The van der Waals surface area contributed by atoms with Gasteiger partial charge in [0.05, 0.1) is 5.69 Å². The Morgan fingerprint density at radius 2 is 2.00 bits per heavy atom. The Kier molecular flexibility index (Phi) is 6.75. The van der Waals surface area contributed by atoms with Gasteiger partial charge in [0.25, 0.3) is 0 Å². The first kappa shape index (κ1) is 16.5. The van der Waals surface area contributed by atoms with Gasteiger partial charge in [-0.1, -0.05) is 45.4 Å². The molecule has 0 amide bonds. The quantitative estimate of drug-likeness (QED) is 0.757. The van der Waals surface area contributed by atoms with E-state index in [1.165, 1.54) is 50.6 Å². The molecule has 0 aliphatic heterocycles. The highest BCUT2D eigenvalue weighted by Gasteiger charge is 2.18. The summed E-state index contributed by atoms with van der Waals surface area (Å²) in [6.07, 6.45) is 14.3. The number of rotatable bonds is 7. The summed E-state index contributed by atoms with van der Waals surface area (Å²) in [7, 11) is 2.10. The van der Waals surface area contributed by atoms with Gasteiger partial charge >= 0.3 is 0 Å². The summed E-state index contributed by atoms with van der Waals surface area (Å²) in [4.78, 5) is 0. The van der Waals surface area contributed by atoms with Crippen LogP contribution < -0.4 is 5.32 Å². The molecule has 1 aromatic heterocycles. The van der Waals surface area contributed by atoms with Crippen molar-refractivity contribution in [3.63, 3.8) is 0 Å². The lowest BCUT2D eigenvalue weighted by molar-refractivity contribution is 0.358. The van der Waals surface area contributed by atoms with E-state index in [1.807, 2.05) is 0 Å². The van der Waals surface area contributed by atoms with Crippen molar-refractivity contribution in [3.8, 4) is 0 Å². The van der Waals surface area contributed by atoms with Gasteiger partial charge in [0.15, 0.2) is 0 Å². The van der Waals surface area contributed by atoms with E-state index in [0.717, 1.165) is 18.8 Å². The molecular formula is C18H33N3. The number of likely N-dealkylation sites (N-methyl/N-ethyl adjacent to an activating group) is 1. The van der Waals surface area contributed by atoms with Crippen molar-refractivity contribution in [1.82, 2.24) is 15.1 Å². The lowest BCUT2D eigenvalue weighted by Crippen LogP contribution is -2.30. The molecule has 1 saturated carbocycles. The highest BCUT2D eigenvalue weighted by atomic mass is 15.3. The van der Waals surface area contributed by atoms with Crippen molar-refractivity contribution < 1.29 is 0 Å². The van der Waals surface area contributed by atoms with Crippen molar-refractivity contribution in [2.45, 2.75) is 83.7 Å². The average Bonchev–Trinajstić information content (AvgIpc) is 2.81. The van der Waals surface area contributed by atoms with Crippen LogP contribution in [0.25, 0.3) is 0 Å². The van der Waals surface area contributed by atoms with Crippen LogP contribution in [0.4, 0.5) is 0 Å². The summed E-state index contributed by atoms with van der Waals surface area (Å²) >= 11 is 0. The van der Waals surface area contributed by atoms with Crippen molar-refractivity contribution in [2.24, 2.45) is 5.92 Å². The Balaban J connectivity index is 1.87. The largest absolute Gasteiger partial charge is 0.317 e. The second kappa shape index (κ2) is 8.57. The topological polar surface area (TPSA) is 29.9 Å². The number of hydrogen-bond acceptors (Lipinski definition) is 2. The minimum absolute atomic E-state index is 0.508. The first-order valence-electron chi connectivity index (χ1n) is 8.94. The summed E-state index contributed by atoms with van der Waals surface area (Å²) < 4.78 is 2.12. The maximum Gasteiger partial charge on any atom is 0.0640 e. The van der Waals surface area contributed by atoms with Crippen LogP contribution in [0.3, 0.4) is 0 Å². The fourth-order valence-electron chi connectivity index (χ4n) is 3.48. The average molecular weight is 291 g/mol. The van der Waals surface area contributed by atoms with Crippen LogP contribution in [-0.4, -0.2) is 22.9 Å². The van der Waals surface area contributed by atoms with Gasteiger partial charge in [-0.25, -0.2) is 0 Å². The summed E-state index contributed by atoms with van der Waals surface area (Å²) in [6.45, 7) is 4.45. The number of nitrogens with zero attached hydrogens (tertiary/aromatic N) is 2. The van der Waals surface area contributed by atoms with Crippen LogP contribution in [0.2, 0.25) is 0 Å². The summed E-state index contributed by atoms with van der Waals surface area (Å²) in [6, 6.07) is 3.28. The van der Waals surface area contributed by atoms with E-state index in [4.69, 9.17) is 5.10 Å². The van der Waals surface area contributed by atoms with Crippen LogP contribution in [0, 0.1) is 5.92 Å². The van der Waals surface area contributed by atoms with Crippen molar-refractivity contribution in [2.75, 3.05) is 7.05 Å². The standard InChI is InChI=1S/C18H33N3/c1-4-15(2)21-12-11-17(20-21)14-18(19-3)13-16-9-7-5-6-8-10-16/h11-12,15-16,18-19H,4-10,13-14H2,1-3H3. The third kappa shape index (κ3) is 5.14. The van der Waals surface area contributed by atoms with E-state index >= 15 is 0 Å². The fourth-order valence-corrected chi connectivity index (χ4v) is 3.48. The van der Waals surface area contributed by atoms with Gasteiger partial charge in [0, 0.05) is 24.7 Å². The van der Waals surface area contributed by atoms with Crippen molar-refractivity contribution in [3.05, 3.63) is 18.0 Å². The molecule has 2 unspecified atom stereocenters. The van der Waals surface area contributed by atoms with E-state index < -0.39 is 0 Å². The SMILES string of the molecule is CCC(C)n1ccc(CC(CC2CCCCCC2)NC)n1. The molecule has 0 aromatic carbocycles. The molecule has 0 radical (unpaired) electrons. The molecule has 3 heteroatoms. The van der Waals surface area contributed by atoms with E-state index in [1.54, 1.807) is 0 Å². The molecule has 3 nitrogen and oxygen atoms in total. The Morgan fingerprint density at radius 1 is 1.29 bits per heavy atom. The second-order valence-electron chi connectivity index (χ2n) is 6.83. The van der Waals surface area contributed by atoms with Crippen LogP contribution in [-0.2, 0) is 6.42 Å².